The van der Waals surface area contributed by atoms with Gasteiger partial charge in [-0.05, 0) is 24.3 Å². The number of aliphatic hydroxyl groups excluding tert-OH is 3. The summed E-state index contributed by atoms with van der Waals surface area (Å²) >= 11 is 0. The summed E-state index contributed by atoms with van der Waals surface area (Å²) in [6.45, 7) is -0.465. The Morgan fingerprint density at radius 1 is 1.00 bits per heavy atom. The van der Waals surface area contributed by atoms with Gasteiger partial charge >= 0.3 is 0 Å². The number of hydrogen-bond acceptors (Lipinski definition) is 5. The predicted octanol–water partition coefficient (Wildman–Crippen LogP) is 1.71. The van der Waals surface area contributed by atoms with Gasteiger partial charge in [0.25, 0.3) is 5.91 Å². The smallest absolute Gasteiger partial charge is 0.254 e. The molecule has 26 heavy (non-hydrogen) atoms. The number of carbonyl (C=O) groups excluding carboxylic acids is 1. The highest BCUT2D eigenvalue weighted by molar-refractivity contribution is 5.95. The lowest BCUT2D eigenvalue weighted by Gasteiger charge is -2.28. The fourth-order valence-corrected chi connectivity index (χ4v) is 3.61. The molecular formula is C20H19NO5. The van der Waals surface area contributed by atoms with Gasteiger partial charge in [-0.25, -0.2) is 0 Å². The van der Waals surface area contributed by atoms with Crippen LogP contribution in [0.25, 0.3) is 11.0 Å². The van der Waals surface area contributed by atoms with Gasteiger partial charge in [-0.1, -0.05) is 36.4 Å². The molecule has 3 aromatic rings. The fraction of sp³-hybridized carbons (Fsp3) is 0.250. The maximum Gasteiger partial charge on any atom is 0.254 e. The molecule has 3 N–H and O–H groups in total. The topological polar surface area (TPSA) is 94.1 Å². The fourth-order valence-electron chi connectivity index (χ4n) is 3.61. The third kappa shape index (κ3) is 2.59. The molecule has 2 heterocycles. The van der Waals surface area contributed by atoms with E-state index in [0.717, 1.165) is 5.39 Å². The Hall–Kier alpha value is -2.67. The van der Waals surface area contributed by atoms with Gasteiger partial charge in [0.2, 0.25) is 0 Å². The molecule has 2 aromatic carbocycles. The van der Waals surface area contributed by atoms with E-state index in [-0.39, 0.29) is 5.91 Å². The lowest BCUT2D eigenvalue weighted by Crippen LogP contribution is -2.43. The SMILES string of the molecule is O=C(c1ccccc1)N1[C@H](c2cc3ccccc3o2)[C@H](O)[C@H](O)[C@@H]1CO. The molecular weight excluding hydrogens is 334 g/mol. The van der Waals surface area contributed by atoms with E-state index < -0.39 is 30.9 Å². The van der Waals surface area contributed by atoms with E-state index in [9.17, 15) is 20.1 Å². The van der Waals surface area contributed by atoms with Gasteiger partial charge in [0.05, 0.1) is 12.6 Å². The number of amides is 1. The highest BCUT2D eigenvalue weighted by atomic mass is 16.4. The Labute approximate surface area is 149 Å². The van der Waals surface area contributed by atoms with E-state index in [1.54, 1.807) is 42.5 Å². The van der Waals surface area contributed by atoms with E-state index >= 15 is 0 Å². The molecule has 6 nitrogen and oxygen atoms in total. The van der Waals surface area contributed by atoms with Gasteiger partial charge in [0, 0.05) is 10.9 Å². The predicted molar refractivity (Wildman–Crippen MR) is 94.5 cm³/mol. The van der Waals surface area contributed by atoms with Crippen molar-refractivity contribution in [3.63, 3.8) is 0 Å². The van der Waals surface area contributed by atoms with Gasteiger partial charge in [0.15, 0.2) is 0 Å². The molecule has 1 aromatic heterocycles. The van der Waals surface area contributed by atoms with E-state index in [1.165, 1.54) is 4.90 Å². The van der Waals surface area contributed by atoms with Gasteiger partial charge in [-0.3, -0.25) is 4.79 Å². The molecule has 0 spiro atoms. The summed E-state index contributed by atoms with van der Waals surface area (Å²) in [4.78, 5) is 14.4. The minimum Gasteiger partial charge on any atom is -0.459 e. The van der Waals surface area contributed by atoms with Crippen LogP contribution in [-0.4, -0.2) is 51.0 Å². The van der Waals surface area contributed by atoms with E-state index in [2.05, 4.69) is 0 Å². The second-order valence-corrected chi connectivity index (χ2v) is 6.44. The summed E-state index contributed by atoms with van der Waals surface area (Å²) in [6, 6.07) is 15.9. The summed E-state index contributed by atoms with van der Waals surface area (Å²) < 4.78 is 5.83. The largest absolute Gasteiger partial charge is 0.459 e. The number of hydrogen-bond donors (Lipinski definition) is 3. The normalized spacial score (nSPS) is 25.7. The zero-order chi connectivity index (χ0) is 18.3. The molecule has 134 valence electrons. The van der Waals surface area contributed by atoms with Crippen LogP contribution in [0.3, 0.4) is 0 Å². The van der Waals surface area contributed by atoms with Crippen LogP contribution in [0.4, 0.5) is 0 Å². The zero-order valence-electron chi connectivity index (χ0n) is 13.9. The van der Waals surface area contributed by atoms with Crippen LogP contribution in [0.2, 0.25) is 0 Å². The summed E-state index contributed by atoms with van der Waals surface area (Å²) in [5.41, 5.74) is 1.04. The van der Waals surface area contributed by atoms with Crippen molar-refractivity contribution >= 4 is 16.9 Å². The number of likely N-dealkylation sites (tertiary alicyclic amines) is 1. The lowest BCUT2D eigenvalue weighted by atomic mass is 10.1. The standard InChI is InChI=1S/C20H19NO5/c22-11-14-18(23)19(24)17(16-10-13-8-4-5-9-15(13)26-16)21(14)20(25)12-6-2-1-3-7-12/h1-10,14,17-19,22-24H,11H2/t14-,17+,18+,19-/m0/s1. The van der Waals surface area contributed by atoms with Crippen LogP contribution in [-0.2, 0) is 0 Å². The second kappa shape index (κ2) is 6.57. The van der Waals surface area contributed by atoms with E-state index in [0.29, 0.717) is 16.9 Å². The van der Waals surface area contributed by atoms with E-state index in [1.807, 2.05) is 18.2 Å². The van der Waals surface area contributed by atoms with Crippen molar-refractivity contribution < 1.29 is 24.5 Å². The molecule has 4 rings (SSSR count). The maximum atomic E-state index is 13.1. The minimum atomic E-state index is -1.27. The van der Waals surface area contributed by atoms with Gasteiger partial charge in [-0.15, -0.1) is 0 Å². The molecule has 1 aliphatic rings. The molecule has 0 saturated carbocycles. The van der Waals surface area contributed by atoms with Crippen LogP contribution in [0, 0.1) is 0 Å². The van der Waals surface area contributed by atoms with Crippen molar-refractivity contribution in [3.05, 3.63) is 72.0 Å². The molecule has 1 fully saturated rings. The quantitative estimate of drug-likeness (QED) is 0.666. The number of aliphatic hydroxyl groups is 3. The third-order valence-electron chi connectivity index (χ3n) is 4.90. The first-order valence-corrected chi connectivity index (χ1v) is 8.45. The minimum absolute atomic E-state index is 0.373. The first-order valence-electron chi connectivity index (χ1n) is 8.45. The summed E-state index contributed by atoms with van der Waals surface area (Å²) in [6.07, 6.45) is -2.54. The van der Waals surface area contributed by atoms with Crippen LogP contribution in [0.1, 0.15) is 22.2 Å². The van der Waals surface area contributed by atoms with Gasteiger partial charge in [-0.2, -0.15) is 0 Å². The Balaban J connectivity index is 1.80. The second-order valence-electron chi connectivity index (χ2n) is 6.44. The number of carbonyl (C=O) groups is 1. The van der Waals surface area contributed by atoms with Crippen molar-refractivity contribution in [3.8, 4) is 0 Å². The molecule has 1 aliphatic heterocycles. The number of fused-ring (bicyclic) bond motifs is 1. The molecule has 6 heteroatoms. The highest BCUT2D eigenvalue weighted by Crippen LogP contribution is 2.39. The maximum absolute atomic E-state index is 13.1. The van der Waals surface area contributed by atoms with Gasteiger partial charge in [0.1, 0.15) is 29.6 Å². The van der Waals surface area contributed by atoms with Crippen LogP contribution in [0.15, 0.2) is 65.1 Å². The average Bonchev–Trinajstić information content (AvgIpc) is 3.20. The number of nitrogens with zero attached hydrogens (tertiary/aromatic N) is 1. The number of para-hydroxylation sites is 1. The van der Waals surface area contributed by atoms with Crippen LogP contribution in [0.5, 0.6) is 0 Å². The van der Waals surface area contributed by atoms with Crippen molar-refractivity contribution in [2.45, 2.75) is 24.3 Å². The monoisotopic (exact) mass is 353 g/mol. The average molecular weight is 353 g/mol. The number of benzene rings is 2. The summed E-state index contributed by atoms with van der Waals surface area (Å²) in [5, 5.41) is 31.5. The molecule has 4 atom stereocenters. The summed E-state index contributed by atoms with van der Waals surface area (Å²) in [5.74, 6) is -0.0105. The van der Waals surface area contributed by atoms with Crippen molar-refractivity contribution in [2.75, 3.05) is 6.61 Å². The van der Waals surface area contributed by atoms with Crippen molar-refractivity contribution in [2.24, 2.45) is 0 Å². The Morgan fingerprint density at radius 2 is 1.69 bits per heavy atom. The van der Waals surface area contributed by atoms with Crippen molar-refractivity contribution in [1.29, 1.82) is 0 Å². The Kier molecular flexibility index (Phi) is 4.24. The molecule has 0 radical (unpaired) electrons. The first-order chi connectivity index (χ1) is 12.6. The van der Waals surface area contributed by atoms with E-state index in [4.69, 9.17) is 4.42 Å². The molecule has 1 amide bonds. The zero-order valence-corrected chi connectivity index (χ0v) is 13.9. The third-order valence-corrected chi connectivity index (χ3v) is 4.90. The Bertz CT molecular complexity index is 889. The first kappa shape index (κ1) is 16.8. The van der Waals surface area contributed by atoms with Gasteiger partial charge < -0.3 is 24.6 Å². The van der Waals surface area contributed by atoms with Crippen LogP contribution >= 0.6 is 0 Å². The molecule has 0 aliphatic carbocycles. The number of furan rings is 1. The lowest BCUT2D eigenvalue weighted by molar-refractivity contribution is 0.0166. The van der Waals surface area contributed by atoms with Crippen molar-refractivity contribution in [1.82, 2.24) is 4.90 Å². The number of rotatable bonds is 3. The highest BCUT2D eigenvalue weighted by Gasteiger charge is 2.51. The Morgan fingerprint density at radius 3 is 2.38 bits per heavy atom. The molecule has 0 bridgehead atoms. The molecule has 1 saturated heterocycles. The van der Waals surface area contributed by atoms with Crippen LogP contribution < -0.4 is 0 Å². The summed E-state index contributed by atoms with van der Waals surface area (Å²) in [7, 11) is 0. The molecule has 0 unspecified atom stereocenters.